The Kier molecular flexibility index (Phi) is 6.27. The monoisotopic (exact) mass is 458 g/mol. The van der Waals surface area contributed by atoms with Crippen LogP contribution in [-0.4, -0.2) is 45.1 Å². The van der Waals surface area contributed by atoms with Crippen LogP contribution < -0.4 is 19.3 Å². The smallest absolute Gasteiger partial charge is 0.300 e. The maximum atomic E-state index is 13.3. The molecule has 1 fully saturated rings. The van der Waals surface area contributed by atoms with E-state index in [0.717, 1.165) is 5.69 Å². The van der Waals surface area contributed by atoms with Crippen molar-refractivity contribution in [1.82, 2.24) is 0 Å². The van der Waals surface area contributed by atoms with Crippen molar-refractivity contribution in [3.8, 4) is 11.5 Å². The number of carbonyl (C=O) groups excluding carboxylic acids is 2. The number of hydrogen-bond acceptors (Lipinski definition) is 6. The average molecular weight is 459 g/mol. The zero-order valence-corrected chi connectivity index (χ0v) is 19.5. The average Bonchev–Trinajstić information content (AvgIpc) is 3.13. The van der Waals surface area contributed by atoms with Gasteiger partial charge in [-0.3, -0.25) is 14.5 Å². The second kappa shape index (κ2) is 9.31. The lowest BCUT2D eigenvalue weighted by atomic mass is 9.95. The molecule has 0 spiro atoms. The molecule has 1 heterocycles. The van der Waals surface area contributed by atoms with E-state index in [4.69, 9.17) is 9.47 Å². The summed E-state index contributed by atoms with van der Waals surface area (Å²) in [6.45, 7) is 0. The van der Waals surface area contributed by atoms with Crippen LogP contribution in [0.3, 0.4) is 0 Å². The molecule has 1 saturated heterocycles. The van der Waals surface area contributed by atoms with Gasteiger partial charge in [0.1, 0.15) is 5.76 Å². The molecule has 1 aliphatic heterocycles. The molecule has 0 radical (unpaired) electrons. The van der Waals surface area contributed by atoms with Crippen LogP contribution >= 0.6 is 0 Å². The fourth-order valence-electron chi connectivity index (χ4n) is 4.10. The SMILES string of the molecule is COc1ccc(N2C(=O)C(=O)/C(=C(/O)c3ccccc3)C2c2ccc(N(C)C)cc2)cc1OC. The van der Waals surface area contributed by atoms with Crippen LogP contribution in [-0.2, 0) is 9.59 Å². The summed E-state index contributed by atoms with van der Waals surface area (Å²) in [6, 6.07) is 20.5. The highest BCUT2D eigenvalue weighted by Crippen LogP contribution is 2.44. The van der Waals surface area contributed by atoms with E-state index >= 15 is 0 Å². The number of ketones is 1. The summed E-state index contributed by atoms with van der Waals surface area (Å²) in [5.41, 5.74) is 2.60. The van der Waals surface area contributed by atoms with E-state index in [2.05, 4.69) is 0 Å². The van der Waals surface area contributed by atoms with Crippen molar-refractivity contribution in [2.75, 3.05) is 38.1 Å². The van der Waals surface area contributed by atoms with Crippen molar-refractivity contribution in [2.24, 2.45) is 0 Å². The van der Waals surface area contributed by atoms with Gasteiger partial charge in [0.05, 0.1) is 25.8 Å². The largest absolute Gasteiger partial charge is 0.507 e. The highest BCUT2D eigenvalue weighted by atomic mass is 16.5. The Balaban J connectivity index is 1.93. The second-order valence-electron chi connectivity index (χ2n) is 8.06. The zero-order valence-electron chi connectivity index (χ0n) is 19.5. The maximum absolute atomic E-state index is 13.3. The van der Waals surface area contributed by atoms with Crippen molar-refractivity contribution in [2.45, 2.75) is 6.04 Å². The van der Waals surface area contributed by atoms with Gasteiger partial charge >= 0.3 is 0 Å². The van der Waals surface area contributed by atoms with E-state index in [-0.39, 0.29) is 11.3 Å². The number of hydrogen-bond donors (Lipinski definition) is 1. The van der Waals surface area contributed by atoms with Crippen LogP contribution in [0.1, 0.15) is 17.2 Å². The molecule has 0 bridgehead atoms. The first kappa shape index (κ1) is 22.9. The maximum Gasteiger partial charge on any atom is 0.300 e. The molecule has 3 aromatic carbocycles. The molecule has 1 aliphatic rings. The Labute approximate surface area is 198 Å². The highest BCUT2D eigenvalue weighted by Gasteiger charge is 2.47. The second-order valence-corrected chi connectivity index (χ2v) is 8.06. The van der Waals surface area contributed by atoms with Gasteiger partial charge in [0.25, 0.3) is 11.7 Å². The molecule has 0 saturated carbocycles. The van der Waals surface area contributed by atoms with Crippen LogP contribution in [0.2, 0.25) is 0 Å². The third-order valence-corrected chi connectivity index (χ3v) is 5.86. The first-order valence-corrected chi connectivity index (χ1v) is 10.7. The van der Waals surface area contributed by atoms with Gasteiger partial charge in [-0.05, 0) is 29.8 Å². The molecular weight excluding hydrogens is 432 g/mol. The number of rotatable bonds is 6. The summed E-state index contributed by atoms with van der Waals surface area (Å²) in [7, 11) is 6.89. The van der Waals surface area contributed by atoms with Gasteiger partial charge in [-0.25, -0.2) is 0 Å². The molecule has 1 amide bonds. The fraction of sp³-hybridized carbons (Fsp3) is 0.185. The van der Waals surface area contributed by atoms with E-state index in [9.17, 15) is 14.7 Å². The number of nitrogens with zero attached hydrogens (tertiary/aromatic N) is 2. The van der Waals surface area contributed by atoms with Crippen molar-refractivity contribution < 1.29 is 24.2 Å². The molecule has 1 unspecified atom stereocenters. The molecule has 1 N–H and O–H groups in total. The van der Waals surface area contributed by atoms with E-state index < -0.39 is 17.7 Å². The number of carbonyl (C=O) groups is 2. The summed E-state index contributed by atoms with van der Waals surface area (Å²) >= 11 is 0. The lowest BCUT2D eigenvalue weighted by molar-refractivity contribution is -0.132. The summed E-state index contributed by atoms with van der Waals surface area (Å²) in [5, 5.41) is 11.2. The number of aliphatic hydroxyl groups excluding tert-OH is 1. The van der Waals surface area contributed by atoms with Crippen molar-refractivity contribution in [3.05, 3.63) is 89.5 Å². The number of amides is 1. The molecule has 0 aromatic heterocycles. The van der Waals surface area contributed by atoms with E-state index in [1.54, 1.807) is 42.5 Å². The van der Waals surface area contributed by atoms with Gasteiger partial charge in [-0.2, -0.15) is 0 Å². The van der Waals surface area contributed by atoms with Gasteiger partial charge in [0.15, 0.2) is 11.5 Å². The predicted octanol–water partition coefficient (Wildman–Crippen LogP) is 4.40. The van der Waals surface area contributed by atoms with Gasteiger partial charge < -0.3 is 19.5 Å². The minimum Gasteiger partial charge on any atom is -0.507 e. The molecule has 34 heavy (non-hydrogen) atoms. The molecule has 0 aliphatic carbocycles. The van der Waals surface area contributed by atoms with Crippen molar-refractivity contribution >= 4 is 28.8 Å². The standard InChI is InChI=1S/C27H26N2O5/c1-28(2)19-12-10-17(11-13-19)24-23(25(30)18-8-6-5-7-9-18)26(31)27(32)29(24)20-14-15-21(33-3)22(16-20)34-4/h5-16,24,30H,1-4H3/b25-23+. The normalized spacial score (nSPS) is 17.1. The zero-order chi connectivity index (χ0) is 24.4. The van der Waals surface area contributed by atoms with E-state index in [1.165, 1.54) is 19.1 Å². The first-order chi connectivity index (χ1) is 16.4. The molecule has 1 atom stereocenters. The quantitative estimate of drug-likeness (QED) is 0.335. The van der Waals surface area contributed by atoms with E-state index in [0.29, 0.717) is 28.3 Å². The van der Waals surface area contributed by atoms with Crippen molar-refractivity contribution in [1.29, 1.82) is 0 Å². The van der Waals surface area contributed by atoms with E-state index in [1.807, 2.05) is 49.3 Å². The van der Waals surface area contributed by atoms with Gasteiger partial charge in [0, 0.05) is 37.1 Å². The topological polar surface area (TPSA) is 79.3 Å². The van der Waals surface area contributed by atoms with Gasteiger partial charge in [-0.15, -0.1) is 0 Å². The number of benzene rings is 3. The Morgan fingerprint density at radius 1 is 0.882 bits per heavy atom. The summed E-state index contributed by atoms with van der Waals surface area (Å²) < 4.78 is 10.7. The first-order valence-electron chi connectivity index (χ1n) is 10.7. The van der Waals surface area contributed by atoms with Crippen LogP contribution in [0, 0.1) is 0 Å². The number of anilines is 2. The summed E-state index contributed by atoms with van der Waals surface area (Å²) in [5.74, 6) is -0.779. The third-order valence-electron chi connectivity index (χ3n) is 5.86. The minimum atomic E-state index is -0.825. The molecule has 7 nitrogen and oxygen atoms in total. The highest BCUT2D eigenvalue weighted by molar-refractivity contribution is 6.51. The lowest BCUT2D eigenvalue weighted by Gasteiger charge is -2.26. The molecule has 4 rings (SSSR count). The van der Waals surface area contributed by atoms with Crippen LogP contribution in [0.5, 0.6) is 11.5 Å². The van der Waals surface area contributed by atoms with Gasteiger partial charge in [-0.1, -0.05) is 42.5 Å². The fourth-order valence-corrected chi connectivity index (χ4v) is 4.10. The Hall–Kier alpha value is -4.26. The van der Waals surface area contributed by atoms with Crippen LogP contribution in [0.25, 0.3) is 5.76 Å². The Morgan fingerprint density at radius 3 is 2.12 bits per heavy atom. The molecule has 7 heteroatoms. The Bertz CT molecular complexity index is 1250. The number of ether oxygens (including phenoxy) is 2. The number of methoxy groups -OCH3 is 2. The lowest BCUT2D eigenvalue weighted by Crippen LogP contribution is -2.29. The molecule has 174 valence electrons. The molecule has 3 aromatic rings. The Morgan fingerprint density at radius 2 is 1.53 bits per heavy atom. The van der Waals surface area contributed by atoms with Crippen molar-refractivity contribution in [3.63, 3.8) is 0 Å². The summed E-state index contributed by atoms with van der Waals surface area (Å²) in [6.07, 6.45) is 0. The third kappa shape index (κ3) is 3.96. The number of Topliss-reactive ketones (excluding diaryl/α,β-unsaturated/α-hetero) is 1. The number of aliphatic hydroxyl groups is 1. The van der Waals surface area contributed by atoms with Crippen LogP contribution in [0.4, 0.5) is 11.4 Å². The predicted molar refractivity (Wildman–Crippen MR) is 132 cm³/mol. The molecular formula is C27H26N2O5. The summed E-state index contributed by atoms with van der Waals surface area (Å²) in [4.78, 5) is 29.9. The van der Waals surface area contributed by atoms with Gasteiger partial charge in [0.2, 0.25) is 0 Å². The minimum absolute atomic E-state index is 0.0311. The van der Waals surface area contributed by atoms with Crippen LogP contribution in [0.15, 0.2) is 78.4 Å².